The number of nitrogens with one attached hydrogen (secondary N) is 1. The molecule has 0 spiro atoms. The van der Waals surface area contributed by atoms with E-state index in [2.05, 4.69) is 59.4 Å². The lowest BCUT2D eigenvalue weighted by molar-refractivity contribution is -0.121. The summed E-state index contributed by atoms with van der Waals surface area (Å²) in [7, 11) is 0. The Morgan fingerprint density at radius 2 is 1.83 bits per heavy atom. The number of hydrogen-bond acceptors (Lipinski definition) is 1. The predicted molar refractivity (Wildman–Crippen MR) is 100 cm³/mol. The number of benzene rings is 1. The van der Waals surface area contributed by atoms with Crippen LogP contribution < -0.4 is 5.32 Å². The SMILES string of the molecule is CC(C)(CNC(=O)CCC1CCCCC1)Cc1ccc(Br)cc1. The minimum absolute atomic E-state index is 0.0777. The zero-order valence-electron chi connectivity index (χ0n) is 14.5. The maximum absolute atomic E-state index is 12.1. The van der Waals surface area contributed by atoms with Crippen LogP contribution in [0.4, 0.5) is 0 Å². The first-order chi connectivity index (χ1) is 10.9. The van der Waals surface area contributed by atoms with Gasteiger partial charge in [-0.1, -0.05) is 74.0 Å². The van der Waals surface area contributed by atoms with Gasteiger partial charge in [-0.3, -0.25) is 4.79 Å². The van der Waals surface area contributed by atoms with Crippen LogP contribution >= 0.6 is 15.9 Å². The summed E-state index contributed by atoms with van der Waals surface area (Å²) in [5, 5.41) is 3.15. The van der Waals surface area contributed by atoms with Crippen molar-refractivity contribution in [3.05, 3.63) is 34.3 Å². The molecule has 1 amide bonds. The third-order valence-corrected chi connectivity index (χ3v) is 5.39. The molecule has 0 saturated heterocycles. The first-order valence-corrected chi connectivity index (χ1v) is 9.75. The van der Waals surface area contributed by atoms with Crippen molar-refractivity contribution in [2.45, 2.75) is 65.2 Å². The number of halogens is 1. The minimum atomic E-state index is 0.0777. The maximum Gasteiger partial charge on any atom is 0.220 e. The van der Waals surface area contributed by atoms with Gasteiger partial charge in [-0.05, 0) is 41.9 Å². The van der Waals surface area contributed by atoms with E-state index in [0.29, 0.717) is 6.42 Å². The van der Waals surface area contributed by atoms with Gasteiger partial charge in [-0.2, -0.15) is 0 Å². The molecule has 1 aliphatic carbocycles. The molecule has 0 aliphatic heterocycles. The van der Waals surface area contributed by atoms with Crippen LogP contribution in [0.1, 0.15) is 64.4 Å². The second-order valence-electron chi connectivity index (χ2n) is 7.79. The average Bonchev–Trinajstić information content (AvgIpc) is 2.54. The highest BCUT2D eigenvalue weighted by atomic mass is 79.9. The molecule has 0 bridgehead atoms. The van der Waals surface area contributed by atoms with Crippen molar-refractivity contribution < 1.29 is 4.79 Å². The Labute approximate surface area is 149 Å². The lowest BCUT2D eigenvalue weighted by Gasteiger charge is -2.26. The van der Waals surface area contributed by atoms with E-state index in [4.69, 9.17) is 0 Å². The molecule has 1 aromatic rings. The summed E-state index contributed by atoms with van der Waals surface area (Å²) in [6.07, 6.45) is 9.47. The average molecular weight is 380 g/mol. The number of hydrogen-bond donors (Lipinski definition) is 1. The zero-order chi connectivity index (χ0) is 16.7. The minimum Gasteiger partial charge on any atom is -0.356 e. The van der Waals surface area contributed by atoms with Crippen molar-refractivity contribution in [1.29, 1.82) is 0 Å². The number of carbonyl (C=O) groups is 1. The lowest BCUT2D eigenvalue weighted by atomic mass is 9.85. The summed E-state index contributed by atoms with van der Waals surface area (Å²) in [4.78, 5) is 12.1. The highest BCUT2D eigenvalue weighted by molar-refractivity contribution is 9.10. The molecule has 0 unspecified atom stereocenters. The quantitative estimate of drug-likeness (QED) is 0.665. The van der Waals surface area contributed by atoms with Gasteiger partial charge in [-0.15, -0.1) is 0 Å². The van der Waals surface area contributed by atoms with Gasteiger partial charge in [-0.25, -0.2) is 0 Å². The number of rotatable bonds is 7. The van der Waals surface area contributed by atoms with E-state index in [0.717, 1.165) is 29.8 Å². The van der Waals surface area contributed by atoms with Crippen LogP contribution in [0.25, 0.3) is 0 Å². The second kappa shape index (κ2) is 8.86. The third kappa shape index (κ3) is 7.07. The Morgan fingerprint density at radius 3 is 2.48 bits per heavy atom. The van der Waals surface area contributed by atoms with Gasteiger partial charge in [0, 0.05) is 17.4 Å². The molecule has 128 valence electrons. The van der Waals surface area contributed by atoms with Gasteiger partial charge in [0.05, 0.1) is 0 Å². The van der Waals surface area contributed by atoms with Crippen molar-refractivity contribution in [3.63, 3.8) is 0 Å². The fraction of sp³-hybridized carbons (Fsp3) is 0.650. The Balaban J connectivity index is 1.70. The van der Waals surface area contributed by atoms with Gasteiger partial charge in [0.1, 0.15) is 0 Å². The summed E-state index contributed by atoms with van der Waals surface area (Å²) < 4.78 is 1.11. The fourth-order valence-corrected chi connectivity index (χ4v) is 3.72. The van der Waals surface area contributed by atoms with Crippen molar-refractivity contribution in [3.8, 4) is 0 Å². The number of amides is 1. The summed E-state index contributed by atoms with van der Waals surface area (Å²) in [5.41, 5.74) is 1.39. The third-order valence-electron chi connectivity index (χ3n) is 4.86. The van der Waals surface area contributed by atoms with Gasteiger partial charge in [0.2, 0.25) is 5.91 Å². The van der Waals surface area contributed by atoms with Crippen molar-refractivity contribution in [2.24, 2.45) is 11.3 Å². The maximum atomic E-state index is 12.1. The van der Waals surface area contributed by atoms with Crippen LogP contribution in [-0.2, 0) is 11.2 Å². The molecule has 2 nitrogen and oxygen atoms in total. The van der Waals surface area contributed by atoms with E-state index in [-0.39, 0.29) is 11.3 Å². The van der Waals surface area contributed by atoms with Crippen molar-refractivity contribution >= 4 is 21.8 Å². The van der Waals surface area contributed by atoms with Crippen molar-refractivity contribution in [2.75, 3.05) is 6.54 Å². The zero-order valence-corrected chi connectivity index (χ0v) is 16.1. The molecule has 0 radical (unpaired) electrons. The monoisotopic (exact) mass is 379 g/mol. The Kier molecular flexibility index (Phi) is 7.13. The van der Waals surface area contributed by atoms with Gasteiger partial charge >= 0.3 is 0 Å². The smallest absolute Gasteiger partial charge is 0.220 e. The molecule has 0 atom stereocenters. The topological polar surface area (TPSA) is 29.1 Å². The van der Waals surface area contributed by atoms with E-state index >= 15 is 0 Å². The lowest BCUT2D eigenvalue weighted by Crippen LogP contribution is -2.35. The van der Waals surface area contributed by atoms with Gasteiger partial charge in [0.25, 0.3) is 0 Å². The van der Waals surface area contributed by atoms with Crippen LogP contribution in [0.5, 0.6) is 0 Å². The Bertz CT molecular complexity index is 489. The van der Waals surface area contributed by atoms with Crippen LogP contribution in [0.2, 0.25) is 0 Å². The largest absolute Gasteiger partial charge is 0.356 e. The molecule has 1 aliphatic rings. The Morgan fingerprint density at radius 1 is 1.17 bits per heavy atom. The van der Waals surface area contributed by atoms with Crippen LogP contribution in [0, 0.1) is 11.3 Å². The van der Waals surface area contributed by atoms with Crippen LogP contribution in [0.3, 0.4) is 0 Å². The fourth-order valence-electron chi connectivity index (χ4n) is 3.45. The summed E-state index contributed by atoms with van der Waals surface area (Å²) in [6.45, 7) is 5.18. The summed E-state index contributed by atoms with van der Waals surface area (Å²) in [6, 6.07) is 8.45. The van der Waals surface area contributed by atoms with Crippen LogP contribution in [-0.4, -0.2) is 12.5 Å². The first kappa shape index (κ1) is 18.5. The molecule has 0 heterocycles. The molecular formula is C20H30BrNO. The standard InChI is InChI=1S/C20H30BrNO/c1-20(2,14-17-8-11-18(21)12-9-17)15-22-19(23)13-10-16-6-4-3-5-7-16/h8-9,11-12,16H,3-7,10,13-15H2,1-2H3,(H,22,23). The van der Waals surface area contributed by atoms with E-state index in [1.165, 1.54) is 37.7 Å². The van der Waals surface area contributed by atoms with E-state index in [9.17, 15) is 4.79 Å². The summed E-state index contributed by atoms with van der Waals surface area (Å²) >= 11 is 3.47. The van der Waals surface area contributed by atoms with Crippen molar-refractivity contribution in [1.82, 2.24) is 5.32 Å². The van der Waals surface area contributed by atoms with E-state index in [1.54, 1.807) is 0 Å². The first-order valence-electron chi connectivity index (χ1n) is 8.96. The molecule has 1 saturated carbocycles. The summed E-state index contributed by atoms with van der Waals surface area (Å²) in [5.74, 6) is 1.00. The molecule has 3 heteroatoms. The Hall–Kier alpha value is -0.830. The predicted octanol–water partition coefficient (Wildman–Crippen LogP) is 5.49. The number of carbonyl (C=O) groups excluding carboxylic acids is 1. The van der Waals surface area contributed by atoms with Gasteiger partial charge in [0.15, 0.2) is 0 Å². The molecular weight excluding hydrogens is 350 g/mol. The second-order valence-corrected chi connectivity index (χ2v) is 8.70. The van der Waals surface area contributed by atoms with Crippen LogP contribution in [0.15, 0.2) is 28.7 Å². The van der Waals surface area contributed by atoms with Gasteiger partial charge < -0.3 is 5.32 Å². The highest BCUT2D eigenvalue weighted by Crippen LogP contribution is 2.27. The van der Waals surface area contributed by atoms with E-state index in [1.807, 2.05) is 0 Å². The molecule has 1 N–H and O–H groups in total. The normalized spacial score (nSPS) is 16.3. The molecule has 23 heavy (non-hydrogen) atoms. The highest BCUT2D eigenvalue weighted by Gasteiger charge is 2.20. The van der Waals surface area contributed by atoms with E-state index < -0.39 is 0 Å². The molecule has 2 rings (SSSR count). The molecule has 1 fully saturated rings. The molecule has 0 aromatic heterocycles. The molecule has 1 aromatic carbocycles.